The van der Waals surface area contributed by atoms with Gasteiger partial charge < -0.3 is 15.0 Å². The van der Waals surface area contributed by atoms with E-state index in [9.17, 15) is 22.8 Å². The van der Waals surface area contributed by atoms with Gasteiger partial charge >= 0.3 is 0 Å². The Morgan fingerprint density at radius 3 is 2.23 bits per heavy atom. The van der Waals surface area contributed by atoms with Crippen LogP contribution in [0.5, 0.6) is 5.75 Å². The molecule has 30 heavy (non-hydrogen) atoms. The lowest BCUT2D eigenvalue weighted by Crippen LogP contribution is -2.49. The quantitative estimate of drug-likeness (QED) is 0.724. The molecule has 1 N–H and O–H groups in total. The van der Waals surface area contributed by atoms with E-state index in [1.54, 1.807) is 0 Å². The Balaban J connectivity index is 1.59. The highest BCUT2D eigenvalue weighted by Gasteiger charge is 2.29. The van der Waals surface area contributed by atoms with E-state index in [1.807, 2.05) is 18.7 Å². The zero-order valence-electron chi connectivity index (χ0n) is 16.8. The van der Waals surface area contributed by atoms with Gasteiger partial charge in [-0.2, -0.15) is 0 Å². The number of hydrogen-bond donors (Lipinski definition) is 1. The maximum atomic E-state index is 13.7. The van der Waals surface area contributed by atoms with Gasteiger partial charge in [0, 0.05) is 29.8 Å². The predicted octanol–water partition coefficient (Wildman–Crippen LogP) is 4.52. The minimum atomic E-state index is -1.34. The first-order valence-corrected chi connectivity index (χ1v) is 9.76. The summed E-state index contributed by atoms with van der Waals surface area (Å²) in [6.07, 6.45) is 3.04. The van der Waals surface area contributed by atoms with Gasteiger partial charge in [-0.15, -0.1) is 0 Å². The van der Waals surface area contributed by atoms with E-state index in [0.29, 0.717) is 17.9 Å². The fraction of sp³-hybridized carbons (Fsp3) is 0.364. The second-order valence-corrected chi connectivity index (χ2v) is 7.44. The molecule has 0 bridgehead atoms. The number of carbonyl (C=O) groups excluding carboxylic acids is 2. The van der Waals surface area contributed by atoms with Crippen molar-refractivity contribution in [3.05, 3.63) is 59.4 Å². The molecule has 3 rings (SSSR count). The van der Waals surface area contributed by atoms with Crippen LogP contribution >= 0.6 is 0 Å². The molecule has 0 aromatic heterocycles. The maximum absolute atomic E-state index is 13.7. The average molecular weight is 420 g/mol. The maximum Gasteiger partial charge on any atom is 0.260 e. The highest BCUT2D eigenvalue weighted by molar-refractivity contribution is 6.04. The SMILES string of the molecule is CC1CCCC(C)N1C(=O)COc1ccc(C(=O)Nc2cc(F)c(F)cc2F)cc1. The lowest BCUT2D eigenvalue weighted by atomic mass is 9.97. The van der Waals surface area contributed by atoms with Gasteiger partial charge in [-0.25, -0.2) is 13.2 Å². The molecular formula is C22H23F3N2O3. The van der Waals surface area contributed by atoms with Gasteiger partial charge in [0.05, 0.1) is 5.69 Å². The number of piperidine rings is 1. The summed E-state index contributed by atoms with van der Waals surface area (Å²) in [5.74, 6) is -4.07. The molecule has 2 aromatic rings. The third kappa shape index (κ3) is 4.93. The Bertz CT molecular complexity index is 924. The van der Waals surface area contributed by atoms with Gasteiger partial charge in [0.1, 0.15) is 11.6 Å². The van der Waals surface area contributed by atoms with Crippen molar-refractivity contribution in [2.75, 3.05) is 11.9 Å². The summed E-state index contributed by atoms with van der Waals surface area (Å²) in [7, 11) is 0. The number of halogens is 3. The van der Waals surface area contributed by atoms with Gasteiger partial charge in [-0.05, 0) is 57.4 Å². The monoisotopic (exact) mass is 420 g/mol. The molecule has 1 aliphatic heterocycles. The van der Waals surface area contributed by atoms with Crippen LogP contribution in [0.4, 0.5) is 18.9 Å². The molecule has 0 spiro atoms. The highest BCUT2D eigenvalue weighted by atomic mass is 19.2. The van der Waals surface area contributed by atoms with Crippen molar-refractivity contribution in [2.45, 2.75) is 45.2 Å². The van der Waals surface area contributed by atoms with Crippen molar-refractivity contribution in [2.24, 2.45) is 0 Å². The molecule has 2 aromatic carbocycles. The van der Waals surface area contributed by atoms with Gasteiger partial charge in [-0.3, -0.25) is 9.59 Å². The van der Waals surface area contributed by atoms with Gasteiger partial charge in [0.2, 0.25) is 0 Å². The molecule has 1 saturated heterocycles. The van der Waals surface area contributed by atoms with E-state index < -0.39 is 29.0 Å². The van der Waals surface area contributed by atoms with Gasteiger partial charge in [0.25, 0.3) is 11.8 Å². The molecule has 160 valence electrons. The average Bonchev–Trinajstić information content (AvgIpc) is 2.70. The molecule has 1 heterocycles. The van der Waals surface area contributed by atoms with Crippen LogP contribution < -0.4 is 10.1 Å². The molecule has 2 unspecified atom stereocenters. The second-order valence-electron chi connectivity index (χ2n) is 7.44. The van der Waals surface area contributed by atoms with E-state index in [2.05, 4.69) is 5.32 Å². The largest absolute Gasteiger partial charge is 0.484 e. The van der Waals surface area contributed by atoms with Crippen molar-refractivity contribution in [3.8, 4) is 5.75 Å². The third-order valence-corrected chi connectivity index (χ3v) is 5.22. The van der Waals surface area contributed by atoms with Crippen molar-refractivity contribution in [1.29, 1.82) is 0 Å². The van der Waals surface area contributed by atoms with E-state index in [1.165, 1.54) is 24.3 Å². The van der Waals surface area contributed by atoms with Crippen LogP contribution in [0.15, 0.2) is 36.4 Å². The fourth-order valence-electron chi connectivity index (χ4n) is 3.65. The smallest absolute Gasteiger partial charge is 0.260 e. The number of likely N-dealkylation sites (tertiary alicyclic amines) is 1. The van der Waals surface area contributed by atoms with Crippen LogP contribution in [0, 0.1) is 17.5 Å². The zero-order chi connectivity index (χ0) is 21.8. The third-order valence-electron chi connectivity index (χ3n) is 5.22. The Hall–Kier alpha value is -3.03. The second kappa shape index (κ2) is 9.19. The molecule has 2 amide bonds. The molecule has 0 saturated carbocycles. The van der Waals surface area contributed by atoms with Crippen molar-refractivity contribution < 1.29 is 27.5 Å². The Morgan fingerprint density at radius 1 is 1.00 bits per heavy atom. The summed E-state index contributed by atoms with van der Waals surface area (Å²) in [5, 5.41) is 2.19. The molecule has 1 aliphatic rings. The Labute approximate surface area is 172 Å². The van der Waals surface area contributed by atoms with Crippen LogP contribution in [0.3, 0.4) is 0 Å². The summed E-state index contributed by atoms with van der Waals surface area (Å²) in [4.78, 5) is 26.6. The zero-order valence-corrected chi connectivity index (χ0v) is 16.8. The van der Waals surface area contributed by atoms with Crippen LogP contribution in [0.2, 0.25) is 0 Å². The number of anilines is 1. The van der Waals surface area contributed by atoms with Crippen molar-refractivity contribution in [1.82, 2.24) is 4.90 Å². The lowest BCUT2D eigenvalue weighted by Gasteiger charge is -2.38. The number of nitrogens with one attached hydrogen (secondary N) is 1. The molecule has 0 aliphatic carbocycles. The number of carbonyl (C=O) groups is 2. The van der Waals surface area contributed by atoms with Gasteiger partial charge in [-0.1, -0.05) is 0 Å². The molecule has 2 atom stereocenters. The number of benzene rings is 2. The number of hydrogen-bond acceptors (Lipinski definition) is 3. The van der Waals surface area contributed by atoms with Crippen molar-refractivity contribution in [3.63, 3.8) is 0 Å². The van der Waals surface area contributed by atoms with Crippen LogP contribution in [0.25, 0.3) is 0 Å². The summed E-state index contributed by atoms with van der Waals surface area (Å²) in [6, 6.07) is 7.16. The molecule has 8 heteroatoms. The summed E-state index contributed by atoms with van der Waals surface area (Å²) in [5.41, 5.74) is -0.300. The molecule has 5 nitrogen and oxygen atoms in total. The first-order chi connectivity index (χ1) is 14.3. The van der Waals surface area contributed by atoms with Crippen molar-refractivity contribution >= 4 is 17.5 Å². The number of ether oxygens (including phenoxy) is 1. The van der Waals surface area contributed by atoms with Crippen LogP contribution in [0.1, 0.15) is 43.5 Å². The Morgan fingerprint density at radius 2 is 1.60 bits per heavy atom. The first kappa shape index (κ1) is 21.7. The van der Waals surface area contributed by atoms with E-state index in [0.717, 1.165) is 19.3 Å². The summed E-state index contributed by atoms with van der Waals surface area (Å²) in [6.45, 7) is 3.94. The molecule has 0 radical (unpaired) electrons. The molecule has 1 fully saturated rings. The lowest BCUT2D eigenvalue weighted by molar-refractivity contribution is -0.139. The summed E-state index contributed by atoms with van der Waals surface area (Å²) >= 11 is 0. The fourth-order valence-corrected chi connectivity index (χ4v) is 3.65. The predicted molar refractivity (Wildman–Crippen MR) is 106 cm³/mol. The minimum Gasteiger partial charge on any atom is -0.484 e. The number of nitrogens with zero attached hydrogens (tertiary/aromatic N) is 1. The Kier molecular flexibility index (Phi) is 6.64. The number of rotatable bonds is 5. The topological polar surface area (TPSA) is 58.6 Å². The number of amides is 2. The molecular weight excluding hydrogens is 397 g/mol. The normalized spacial score (nSPS) is 18.8. The van der Waals surface area contributed by atoms with Gasteiger partial charge in [0.15, 0.2) is 18.2 Å². The standard InChI is InChI=1S/C22H23F3N2O3/c1-13-4-3-5-14(2)27(13)21(28)12-30-16-8-6-15(7-9-16)22(29)26-20-11-18(24)17(23)10-19(20)25/h6-11,13-14H,3-5,12H2,1-2H3,(H,26,29). The first-order valence-electron chi connectivity index (χ1n) is 9.76. The van der Waals surface area contributed by atoms with Crippen LogP contribution in [-0.4, -0.2) is 35.4 Å². The van der Waals surface area contributed by atoms with E-state index >= 15 is 0 Å². The minimum absolute atomic E-state index is 0.0923. The van der Waals surface area contributed by atoms with E-state index in [4.69, 9.17) is 4.74 Å². The van der Waals surface area contributed by atoms with Crippen LogP contribution in [-0.2, 0) is 4.79 Å². The summed E-state index contributed by atoms with van der Waals surface area (Å²) < 4.78 is 45.5. The van der Waals surface area contributed by atoms with E-state index in [-0.39, 0.29) is 30.2 Å². The highest BCUT2D eigenvalue weighted by Crippen LogP contribution is 2.23.